The summed E-state index contributed by atoms with van der Waals surface area (Å²) in [5.41, 5.74) is 1.75. The fourth-order valence-corrected chi connectivity index (χ4v) is 1.45. The standard InChI is InChI=1S/C11H16BN3O/c1-4-9(5-2)7-10(6-3)14-8-13-15(12)11(14)16/h6-8H,4-5H2,1-3H3/b10-6+. The number of aromatic nitrogens is 3. The first-order chi connectivity index (χ1) is 7.63. The fraction of sp³-hybridized carbons (Fsp3) is 0.455. The zero-order chi connectivity index (χ0) is 12.1. The van der Waals surface area contributed by atoms with Gasteiger partial charge in [-0.15, -0.1) is 0 Å². The van der Waals surface area contributed by atoms with E-state index in [1.165, 1.54) is 16.5 Å². The molecule has 5 heteroatoms. The minimum Gasteiger partial charge on any atom is -0.276 e. The van der Waals surface area contributed by atoms with E-state index >= 15 is 0 Å². The molecule has 2 radical (unpaired) electrons. The molecular formula is C11H16BN3O. The van der Waals surface area contributed by atoms with Gasteiger partial charge in [-0.2, -0.15) is 5.10 Å². The van der Waals surface area contributed by atoms with Crippen LogP contribution in [0.15, 0.2) is 28.8 Å². The Hall–Kier alpha value is -1.52. The van der Waals surface area contributed by atoms with Gasteiger partial charge in [0.1, 0.15) is 6.33 Å². The van der Waals surface area contributed by atoms with Crippen LogP contribution < -0.4 is 5.69 Å². The van der Waals surface area contributed by atoms with Crippen LogP contribution in [-0.2, 0) is 0 Å². The zero-order valence-electron chi connectivity index (χ0n) is 9.97. The molecule has 0 unspecified atom stereocenters. The van der Waals surface area contributed by atoms with E-state index in [1.54, 1.807) is 0 Å². The van der Waals surface area contributed by atoms with Crippen LogP contribution in [0.1, 0.15) is 33.6 Å². The van der Waals surface area contributed by atoms with E-state index < -0.39 is 0 Å². The molecule has 0 saturated heterocycles. The molecule has 1 rings (SSSR count). The maximum Gasteiger partial charge on any atom is 0.336 e. The summed E-state index contributed by atoms with van der Waals surface area (Å²) in [6.07, 6.45) is 7.24. The molecule has 1 heterocycles. The summed E-state index contributed by atoms with van der Waals surface area (Å²) in [7, 11) is 5.35. The Morgan fingerprint density at radius 1 is 1.50 bits per heavy atom. The number of hydrogen-bond acceptors (Lipinski definition) is 2. The molecule has 1 aromatic heterocycles. The van der Waals surface area contributed by atoms with Gasteiger partial charge in [-0.1, -0.05) is 25.5 Å². The van der Waals surface area contributed by atoms with E-state index in [9.17, 15) is 4.79 Å². The summed E-state index contributed by atoms with van der Waals surface area (Å²) in [5.74, 6) is 0. The second kappa shape index (κ2) is 5.54. The van der Waals surface area contributed by atoms with E-state index in [-0.39, 0.29) is 5.69 Å². The van der Waals surface area contributed by atoms with Gasteiger partial charge in [0.15, 0.2) is 0 Å². The van der Waals surface area contributed by atoms with Crippen LogP contribution in [0.25, 0.3) is 5.70 Å². The number of allylic oxidation sites excluding steroid dienone is 4. The van der Waals surface area contributed by atoms with Crippen LogP contribution in [0.2, 0.25) is 0 Å². The van der Waals surface area contributed by atoms with Crippen molar-refractivity contribution in [3.63, 3.8) is 0 Å². The van der Waals surface area contributed by atoms with E-state index in [1.807, 2.05) is 19.1 Å². The highest BCUT2D eigenvalue weighted by atomic mass is 16.2. The highest BCUT2D eigenvalue weighted by Crippen LogP contribution is 2.12. The lowest BCUT2D eigenvalue weighted by Crippen LogP contribution is -2.22. The largest absolute Gasteiger partial charge is 0.336 e. The van der Waals surface area contributed by atoms with Crippen molar-refractivity contribution in [2.45, 2.75) is 33.6 Å². The van der Waals surface area contributed by atoms with Gasteiger partial charge in [0, 0.05) is 5.70 Å². The first-order valence-corrected chi connectivity index (χ1v) is 5.41. The highest BCUT2D eigenvalue weighted by Gasteiger charge is 2.04. The Balaban J connectivity index is 3.15. The molecule has 0 saturated carbocycles. The number of nitrogens with zero attached hydrogens (tertiary/aromatic N) is 3. The van der Waals surface area contributed by atoms with Gasteiger partial charge >= 0.3 is 5.69 Å². The quantitative estimate of drug-likeness (QED) is 0.567. The van der Waals surface area contributed by atoms with Crippen molar-refractivity contribution in [2.24, 2.45) is 0 Å². The molecule has 0 aliphatic carbocycles. The van der Waals surface area contributed by atoms with Crippen molar-refractivity contribution in [1.82, 2.24) is 14.3 Å². The topological polar surface area (TPSA) is 39.8 Å². The molecule has 1 aromatic rings. The molecule has 0 bridgehead atoms. The summed E-state index contributed by atoms with van der Waals surface area (Å²) in [5, 5.41) is 3.72. The number of hydrogen-bond donors (Lipinski definition) is 0. The SMILES string of the molecule is [B]n1ncn(/C(C=C(CC)CC)=C/C)c1=O. The van der Waals surface area contributed by atoms with Crippen molar-refractivity contribution in [2.75, 3.05) is 0 Å². The van der Waals surface area contributed by atoms with Gasteiger partial charge in [0.2, 0.25) is 0 Å². The lowest BCUT2D eigenvalue weighted by molar-refractivity contribution is 0.926. The molecule has 84 valence electrons. The summed E-state index contributed by atoms with van der Waals surface area (Å²) in [4.78, 5) is 11.6. The summed E-state index contributed by atoms with van der Waals surface area (Å²) < 4.78 is 2.26. The fourth-order valence-electron chi connectivity index (χ4n) is 1.45. The molecule has 0 fully saturated rings. The van der Waals surface area contributed by atoms with Crippen LogP contribution in [-0.4, -0.2) is 22.2 Å². The minimum absolute atomic E-state index is 0.337. The van der Waals surface area contributed by atoms with Gasteiger partial charge in [0.05, 0.1) is 0 Å². The summed E-state index contributed by atoms with van der Waals surface area (Å²) in [6.45, 7) is 6.07. The molecular weight excluding hydrogens is 201 g/mol. The van der Waals surface area contributed by atoms with Crippen LogP contribution in [0, 0.1) is 0 Å². The Morgan fingerprint density at radius 2 is 2.12 bits per heavy atom. The van der Waals surface area contributed by atoms with Crippen LogP contribution in [0.3, 0.4) is 0 Å². The molecule has 4 nitrogen and oxygen atoms in total. The Morgan fingerprint density at radius 3 is 2.50 bits per heavy atom. The monoisotopic (exact) mass is 217 g/mol. The molecule has 16 heavy (non-hydrogen) atoms. The third-order valence-electron chi connectivity index (χ3n) is 2.53. The Kier molecular flexibility index (Phi) is 4.34. The molecule has 0 aliphatic rings. The number of rotatable bonds is 4. The van der Waals surface area contributed by atoms with Crippen LogP contribution in [0.5, 0.6) is 0 Å². The molecule has 0 N–H and O–H groups in total. The van der Waals surface area contributed by atoms with Gasteiger partial charge in [0.25, 0.3) is 7.98 Å². The van der Waals surface area contributed by atoms with Crippen molar-refractivity contribution in [3.05, 3.63) is 34.5 Å². The average molecular weight is 217 g/mol. The van der Waals surface area contributed by atoms with Gasteiger partial charge in [-0.3, -0.25) is 9.16 Å². The molecule has 0 aliphatic heterocycles. The van der Waals surface area contributed by atoms with Crippen LogP contribution >= 0.6 is 0 Å². The van der Waals surface area contributed by atoms with Crippen molar-refractivity contribution in [3.8, 4) is 0 Å². The Bertz CT molecular complexity index is 462. The van der Waals surface area contributed by atoms with Crippen molar-refractivity contribution >= 4 is 13.7 Å². The van der Waals surface area contributed by atoms with Gasteiger partial charge in [-0.25, -0.2) is 4.79 Å². The molecule has 0 atom stereocenters. The Labute approximate surface area is 96.7 Å². The van der Waals surface area contributed by atoms with Crippen molar-refractivity contribution < 1.29 is 0 Å². The summed E-state index contributed by atoms with van der Waals surface area (Å²) >= 11 is 0. The highest BCUT2D eigenvalue weighted by molar-refractivity contribution is 6.05. The molecule has 0 spiro atoms. The van der Waals surface area contributed by atoms with E-state index in [2.05, 4.69) is 18.9 Å². The zero-order valence-corrected chi connectivity index (χ0v) is 9.97. The predicted molar refractivity (Wildman–Crippen MR) is 66.3 cm³/mol. The summed E-state index contributed by atoms with van der Waals surface area (Å²) in [6, 6.07) is 0. The van der Waals surface area contributed by atoms with Gasteiger partial charge in [-0.05, 0) is 25.8 Å². The third-order valence-corrected chi connectivity index (χ3v) is 2.53. The predicted octanol–water partition coefficient (Wildman–Crippen LogP) is 1.58. The first kappa shape index (κ1) is 12.6. The lowest BCUT2D eigenvalue weighted by Gasteiger charge is -2.04. The normalized spacial score (nSPS) is 11.6. The lowest BCUT2D eigenvalue weighted by atomic mass is 10.1. The second-order valence-electron chi connectivity index (χ2n) is 3.45. The molecule has 0 amide bonds. The van der Waals surface area contributed by atoms with E-state index in [4.69, 9.17) is 7.98 Å². The minimum atomic E-state index is -0.337. The van der Waals surface area contributed by atoms with Gasteiger partial charge < -0.3 is 0 Å². The second-order valence-corrected chi connectivity index (χ2v) is 3.45. The third kappa shape index (κ3) is 2.54. The maximum atomic E-state index is 11.6. The molecule has 0 aromatic carbocycles. The maximum absolute atomic E-state index is 11.6. The first-order valence-electron chi connectivity index (χ1n) is 5.41. The van der Waals surface area contributed by atoms with E-state index in [0.29, 0.717) is 0 Å². The van der Waals surface area contributed by atoms with E-state index in [0.717, 1.165) is 23.1 Å². The van der Waals surface area contributed by atoms with Crippen LogP contribution in [0.4, 0.5) is 0 Å². The average Bonchev–Trinajstić information content (AvgIpc) is 2.62. The smallest absolute Gasteiger partial charge is 0.276 e. The van der Waals surface area contributed by atoms with Crippen molar-refractivity contribution in [1.29, 1.82) is 0 Å².